The van der Waals surface area contributed by atoms with Gasteiger partial charge >= 0.3 is 5.97 Å². The fourth-order valence-corrected chi connectivity index (χ4v) is 2.18. The maximum absolute atomic E-state index is 11.4. The van der Waals surface area contributed by atoms with Gasteiger partial charge in [-0.15, -0.1) is 0 Å². The van der Waals surface area contributed by atoms with Crippen LogP contribution in [0.5, 0.6) is 5.75 Å². The number of nitrogens with zero attached hydrogens (tertiary/aromatic N) is 1. The third-order valence-corrected chi connectivity index (χ3v) is 3.62. The molecule has 0 fully saturated rings. The number of hydrogen-bond acceptors (Lipinski definition) is 3. The van der Waals surface area contributed by atoms with Crippen LogP contribution in [-0.2, 0) is 10.2 Å². The molecule has 1 aromatic heterocycles. The number of aliphatic carboxylic acids is 1. The van der Waals surface area contributed by atoms with E-state index in [1.807, 2.05) is 32.0 Å². The fourth-order valence-electron chi connectivity index (χ4n) is 2.18. The van der Waals surface area contributed by atoms with E-state index in [0.29, 0.717) is 17.0 Å². The number of aryl methyl sites for hydroxylation is 2. The number of carbonyl (C=O) groups is 1. The van der Waals surface area contributed by atoms with Gasteiger partial charge in [-0.25, -0.2) is 4.98 Å². The summed E-state index contributed by atoms with van der Waals surface area (Å²) in [5.41, 5.74) is 2.31. The van der Waals surface area contributed by atoms with Crippen molar-refractivity contribution >= 4 is 16.9 Å². The second-order valence-corrected chi connectivity index (χ2v) is 5.62. The van der Waals surface area contributed by atoms with Crippen LogP contribution in [0.2, 0.25) is 0 Å². The molecule has 0 aliphatic carbocycles. The van der Waals surface area contributed by atoms with Crippen LogP contribution in [0, 0.1) is 13.8 Å². The topological polar surface area (TPSA) is 59.4 Å². The molecule has 0 spiro atoms. The Kier molecular flexibility index (Phi) is 3.42. The van der Waals surface area contributed by atoms with Crippen molar-refractivity contribution in [1.82, 2.24) is 4.98 Å². The Morgan fingerprint density at radius 2 is 1.90 bits per heavy atom. The zero-order valence-corrected chi connectivity index (χ0v) is 12.4. The minimum atomic E-state index is -1.03. The zero-order valence-electron chi connectivity index (χ0n) is 12.4. The van der Waals surface area contributed by atoms with Crippen LogP contribution < -0.4 is 4.74 Å². The SMILES string of the molecule is COc1cc(C)cc2c(C)cc(C(C)(C)C(=O)O)nc12. The highest BCUT2D eigenvalue weighted by Crippen LogP contribution is 2.32. The van der Waals surface area contributed by atoms with E-state index < -0.39 is 11.4 Å². The van der Waals surface area contributed by atoms with Crippen LogP contribution in [0.1, 0.15) is 30.7 Å². The molecule has 2 rings (SSSR count). The van der Waals surface area contributed by atoms with Crippen LogP contribution in [0.4, 0.5) is 0 Å². The van der Waals surface area contributed by atoms with Crippen LogP contribution >= 0.6 is 0 Å². The number of benzene rings is 1. The van der Waals surface area contributed by atoms with E-state index >= 15 is 0 Å². The molecule has 106 valence electrons. The summed E-state index contributed by atoms with van der Waals surface area (Å²) in [6.45, 7) is 7.27. The molecular weight excluding hydrogens is 254 g/mol. The molecule has 0 aliphatic rings. The van der Waals surface area contributed by atoms with Gasteiger partial charge in [-0.1, -0.05) is 0 Å². The number of rotatable bonds is 3. The smallest absolute Gasteiger partial charge is 0.315 e. The van der Waals surface area contributed by atoms with Crippen molar-refractivity contribution in [2.24, 2.45) is 0 Å². The highest BCUT2D eigenvalue weighted by molar-refractivity contribution is 5.89. The predicted molar refractivity (Wildman–Crippen MR) is 78.4 cm³/mol. The Bertz CT molecular complexity index is 690. The van der Waals surface area contributed by atoms with Crippen molar-refractivity contribution in [3.63, 3.8) is 0 Å². The number of ether oxygens (including phenoxy) is 1. The first-order valence-electron chi connectivity index (χ1n) is 6.47. The van der Waals surface area contributed by atoms with Gasteiger partial charge in [0.2, 0.25) is 0 Å². The van der Waals surface area contributed by atoms with Gasteiger partial charge < -0.3 is 9.84 Å². The minimum Gasteiger partial charge on any atom is -0.494 e. The van der Waals surface area contributed by atoms with Gasteiger partial charge in [-0.05, 0) is 57.0 Å². The monoisotopic (exact) mass is 273 g/mol. The van der Waals surface area contributed by atoms with Gasteiger partial charge in [0.1, 0.15) is 16.7 Å². The molecule has 4 nitrogen and oxygen atoms in total. The summed E-state index contributed by atoms with van der Waals surface area (Å²) in [5.74, 6) is -0.221. The van der Waals surface area contributed by atoms with E-state index in [0.717, 1.165) is 16.5 Å². The van der Waals surface area contributed by atoms with Crippen molar-refractivity contribution in [2.75, 3.05) is 7.11 Å². The van der Waals surface area contributed by atoms with Gasteiger partial charge in [-0.3, -0.25) is 4.79 Å². The average Bonchev–Trinajstić information content (AvgIpc) is 2.38. The molecule has 0 atom stereocenters. The lowest BCUT2D eigenvalue weighted by Gasteiger charge is -2.20. The van der Waals surface area contributed by atoms with Gasteiger partial charge in [0.05, 0.1) is 12.8 Å². The van der Waals surface area contributed by atoms with E-state index in [2.05, 4.69) is 4.98 Å². The van der Waals surface area contributed by atoms with E-state index in [-0.39, 0.29) is 0 Å². The Balaban J connectivity index is 2.81. The van der Waals surface area contributed by atoms with E-state index in [4.69, 9.17) is 4.74 Å². The summed E-state index contributed by atoms with van der Waals surface area (Å²) < 4.78 is 5.38. The molecule has 20 heavy (non-hydrogen) atoms. The highest BCUT2D eigenvalue weighted by atomic mass is 16.5. The van der Waals surface area contributed by atoms with Crippen molar-refractivity contribution in [3.8, 4) is 5.75 Å². The van der Waals surface area contributed by atoms with Gasteiger partial charge in [-0.2, -0.15) is 0 Å². The third kappa shape index (κ3) is 2.22. The number of fused-ring (bicyclic) bond motifs is 1. The summed E-state index contributed by atoms with van der Waals surface area (Å²) >= 11 is 0. The number of pyridine rings is 1. The Hall–Kier alpha value is -2.10. The molecule has 4 heteroatoms. The molecule has 0 saturated heterocycles. The Morgan fingerprint density at radius 3 is 2.45 bits per heavy atom. The first-order valence-corrected chi connectivity index (χ1v) is 6.47. The molecule has 0 unspecified atom stereocenters. The molecule has 2 aromatic rings. The Morgan fingerprint density at radius 1 is 1.25 bits per heavy atom. The van der Waals surface area contributed by atoms with Gasteiger partial charge in [0, 0.05) is 5.39 Å². The summed E-state index contributed by atoms with van der Waals surface area (Å²) in [6.07, 6.45) is 0. The van der Waals surface area contributed by atoms with E-state index in [1.54, 1.807) is 21.0 Å². The van der Waals surface area contributed by atoms with Crippen molar-refractivity contribution in [3.05, 3.63) is 35.0 Å². The van der Waals surface area contributed by atoms with Gasteiger partial charge in [0.15, 0.2) is 0 Å². The van der Waals surface area contributed by atoms with Crippen molar-refractivity contribution < 1.29 is 14.6 Å². The number of aromatic nitrogens is 1. The highest BCUT2D eigenvalue weighted by Gasteiger charge is 2.31. The van der Waals surface area contributed by atoms with Gasteiger partial charge in [0.25, 0.3) is 0 Å². The summed E-state index contributed by atoms with van der Waals surface area (Å²) in [4.78, 5) is 15.9. The molecule has 0 saturated carbocycles. The normalized spacial score (nSPS) is 11.7. The molecule has 1 N–H and O–H groups in total. The minimum absolute atomic E-state index is 0.539. The average molecular weight is 273 g/mol. The first-order chi connectivity index (χ1) is 9.27. The van der Waals surface area contributed by atoms with Crippen molar-refractivity contribution in [2.45, 2.75) is 33.1 Å². The number of carboxylic acids is 1. The molecule has 0 aliphatic heterocycles. The molecule has 0 radical (unpaired) electrons. The number of methoxy groups -OCH3 is 1. The standard InChI is InChI=1S/C16H19NO3/c1-9-6-11-10(2)8-13(16(3,4)15(18)19)17-14(11)12(7-9)20-5/h6-8H,1-5H3,(H,18,19). The molecular formula is C16H19NO3. The quantitative estimate of drug-likeness (QED) is 0.932. The summed E-state index contributed by atoms with van der Waals surface area (Å²) in [6, 6.07) is 5.79. The summed E-state index contributed by atoms with van der Waals surface area (Å²) in [5, 5.41) is 10.3. The zero-order chi connectivity index (χ0) is 15.1. The molecule has 1 aromatic carbocycles. The molecule has 0 bridgehead atoms. The predicted octanol–water partition coefficient (Wildman–Crippen LogP) is 3.22. The third-order valence-electron chi connectivity index (χ3n) is 3.62. The second kappa shape index (κ2) is 4.78. The second-order valence-electron chi connectivity index (χ2n) is 5.62. The van der Waals surface area contributed by atoms with Crippen LogP contribution in [0.3, 0.4) is 0 Å². The Labute approximate surface area is 118 Å². The van der Waals surface area contributed by atoms with E-state index in [1.165, 1.54) is 0 Å². The molecule has 0 amide bonds. The van der Waals surface area contributed by atoms with Crippen molar-refractivity contribution in [1.29, 1.82) is 0 Å². The first kappa shape index (κ1) is 14.3. The maximum Gasteiger partial charge on any atom is 0.315 e. The lowest BCUT2D eigenvalue weighted by atomic mass is 9.87. The largest absolute Gasteiger partial charge is 0.494 e. The number of hydrogen-bond donors (Lipinski definition) is 1. The van der Waals surface area contributed by atoms with Crippen LogP contribution in [0.15, 0.2) is 18.2 Å². The molecule has 1 heterocycles. The lowest BCUT2D eigenvalue weighted by Crippen LogP contribution is -2.29. The van der Waals surface area contributed by atoms with Crippen LogP contribution in [-0.4, -0.2) is 23.2 Å². The number of carboxylic acid groups (broad SMARTS) is 1. The van der Waals surface area contributed by atoms with E-state index in [9.17, 15) is 9.90 Å². The fraction of sp³-hybridized carbons (Fsp3) is 0.375. The maximum atomic E-state index is 11.4. The van der Waals surface area contributed by atoms with Crippen LogP contribution in [0.25, 0.3) is 10.9 Å². The lowest BCUT2D eigenvalue weighted by molar-refractivity contribution is -0.142. The summed E-state index contributed by atoms with van der Waals surface area (Å²) in [7, 11) is 1.60.